The highest BCUT2D eigenvalue weighted by atomic mass is 35.5. The van der Waals surface area contributed by atoms with Crippen molar-refractivity contribution in [3.05, 3.63) is 28.8 Å². The molecule has 1 atom stereocenters. The van der Waals surface area contributed by atoms with Crippen LogP contribution in [0.1, 0.15) is 12.5 Å². The maximum Gasteiger partial charge on any atom is 0.243 e. The fourth-order valence-electron chi connectivity index (χ4n) is 1.66. The molecule has 0 aliphatic heterocycles. The topological polar surface area (TPSA) is 70.2 Å². The Morgan fingerprint density at radius 3 is 2.65 bits per heavy atom. The molecule has 0 radical (unpaired) electrons. The third kappa shape index (κ3) is 5.19. The van der Waals surface area contributed by atoms with Gasteiger partial charge in [0, 0.05) is 12.5 Å². The number of carbonyl (C=O) groups is 2. The molecule has 1 unspecified atom stereocenters. The Bertz CT molecular complexity index is 491. The van der Waals surface area contributed by atoms with Gasteiger partial charge in [-0.3, -0.25) is 9.59 Å². The molecule has 110 valence electrons. The van der Waals surface area contributed by atoms with E-state index in [-0.39, 0.29) is 24.3 Å². The van der Waals surface area contributed by atoms with E-state index in [4.69, 9.17) is 11.6 Å². The number of anilines is 1. The van der Waals surface area contributed by atoms with Crippen molar-refractivity contribution in [2.75, 3.05) is 25.5 Å². The van der Waals surface area contributed by atoms with Crippen LogP contribution < -0.4 is 16.0 Å². The first-order valence-electron chi connectivity index (χ1n) is 6.42. The van der Waals surface area contributed by atoms with Gasteiger partial charge < -0.3 is 16.0 Å². The summed E-state index contributed by atoms with van der Waals surface area (Å²) in [7, 11) is 1.77. The first-order valence-corrected chi connectivity index (χ1v) is 6.80. The summed E-state index contributed by atoms with van der Waals surface area (Å²) in [6.07, 6.45) is 0. The molecule has 0 spiro atoms. The predicted octanol–water partition coefficient (Wildman–Crippen LogP) is 1.56. The Morgan fingerprint density at radius 1 is 1.35 bits per heavy atom. The number of carbonyl (C=O) groups excluding carboxylic acids is 2. The van der Waals surface area contributed by atoms with E-state index < -0.39 is 0 Å². The van der Waals surface area contributed by atoms with Gasteiger partial charge in [0.05, 0.1) is 17.3 Å². The largest absolute Gasteiger partial charge is 0.347 e. The van der Waals surface area contributed by atoms with Crippen molar-refractivity contribution in [2.24, 2.45) is 5.92 Å². The highest BCUT2D eigenvalue weighted by molar-refractivity contribution is 6.33. The zero-order valence-corrected chi connectivity index (χ0v) is 12.7. The van der Waals surface area contributed by atoms with E-state index >= 15 is 0 Å². The lowest BCUT2D eigenvalue weighted by Gasteiger charge is -2.12. The summed E-state index contributed by atoms with van der Waals surface area (Å²) in [5.41, 5.74) is 1.56. The Morgan fingerprint density at radius 2 is 2.05 bits per heavy atom. The number of hydrogen-bond acceptors (Lipinski definition) is 3. The van der Waals surface area contributed by atoms with Gasteiger partial charge in [-0.25, -0.2) is 0 Å². The predicted molar refractivity (Wildman–Crippen MR) is 80.9 cm³/mol. The van der Waals surface area contributed by atoms with Crippen LogP contribution in [0.2, 0.25) is 5.02 Å². The second kappa shape index (κ2) is 7.87. The molecule has 0 fully saturated rings. The van der Waals surface area contributed by atoms with Crippen molar-refractivity contribution < 1.29 is 9.59 Å². The summed E-state index contributed by atoms with van der Waals surface area (Å²) in [5.74, 6) is -0.652. The molecule has 1 aromatic carbocycles. The Labute approximate surface area is 124 Å². The van der Waals surface area contributed by atoms with E-state index in [0.717, 1.165) is 5.56 Å². The molecule has 0 saturated carbocycles. The van der Waals surface area contributed by atoms with Gasteiger partial charge in [0.25, 0.3) is 0 Å². The zero-order chi connectivity index (χ0) is 15.1. The number of halogens is 1. The summed E-state index contributed by atoms with van der Waals surface area (Å²) in [6.45, 7) is 4.20. The maximum atomic E-state index is 11.7. The highest BCUT2D eigenvalue weighted by Gasteiger charge is 2.13. The van der Waals surface area contributed by atoms with Gasteiger partial charge in [0.2, 0.25) is 11.8 Å². The average molecular weight is 298 g/mol. The molecule has 0 bridgehead atoms. The van der Waals surface area contributed by atoms with Crippen LogP contribution in [0.15, 0.2) is 18.2 Å². The first kappa shape index (κ1) is 16.5. The molecule has 1 rings (SSSR count). The Hall–Kier alpha value is -1.59. The molecular weight excluding hydrogens is 278 g/mol. The van der Waals surface area contributed by atoms with Crippen molar-refractivity contribution in [2.45, 2.75) is 13.8 Å². The van der Waals surface area contributed by atoms with Crippen LogP contribution in [0.3, 0.4) is 0 Å². The summed E-state index contributed by atoms with van der Waals surface area (Å²) >= 11 is 6.02. The summed E-state index contributed by atoms with van der Waals surface area (Å²) < 4.78 is 0. The third-order valence-corrected chi connectivity index (χ3v) is 3.09. The molecule has 0 aliphatic carbocycles. The van der Waals surface area contributed by atoms with Gasteiger partial charge in [-0.1, -0.05) is 24.6 Å². The number of aryl methyl sites for hydroxylation is 1. The van der Waals surface area contributed by atoms with Crippen LogP contribution in [0.25, 0.3) is 0 Å². The molecule has 0 aromatic heterocycles. The van der Waals surface area contributed by atoms with Crippen LogP contribution >= 0.6 is 11.6 Å². The molecule has 5 nitrogen and oxygen atoms in total. The normalized spacial score (nSPS) is 11.8. The van der Waals surface area contributed by atoms with Crippen LogP contribution in [0, 0.1) is 12.8 Å². The van der Waals surface area contributed by atoms with E-state index in [1.807, 2.05) is 13.0 Å². The second-order valence-corrected chi connectivity index (χ2v) is 5.12. The van der Waals surface area contributed by atoms with E-state index in [0.29, 0.717) is 17.3 Å². The van der Waals surface area contributed by atoms with Crippen molar-refractivity contribution in [3.8, 4) is 0 Å². The zero-order valence-electron chi connectivity index (χ0n) is 11.9. The summed E-state index contributed by atoms with van der Waals surface area (Å²) in [6, 6.07) is 5.36. The quantitative estimate of drug-likeness (QED) is 0.746. The molecule has 6 heteroatoms. The SMILES string of the molecule is CNCC(C)C(=O)NCC(=O)Nc1ccc(C)cc1Cl. The van der Waals surface area contributed by atoms with Gasteiger partial charge in [-0.05, 0) is 31.7 Å². The smallest absolute Gasteiger partial charge is 0.243 e. The summed E-state index contributed by atoms with van der Waals surface area (Å²) in [5, 5.41) is 8.64. The molecule has 1 aromatic rings. The van der Waals surface area contributed by atoms with Crippen molar-refractivity contribution in [1.82, 2.24) is 10.6 Å². The molecular formula is C14H20ClN3O2. The van der Waals surface area contributed by atoms with Gasteiger partial charge in [-0.2, -0.15) is 0 Å². The minimum atomic E-state index is -0.305. The van der Waals surface area contributed by atoms with Crippen molar-refractivity contribution >= 4 is 29.1 Å². The van der Waals surface area contributed by atoms with E-state index in [1.54, 1.807) is 26.1 Å². The second-order valence-electron chi connectivity index (χ2n) is 4.71. The number of benzene rings is 1. The van der Waals surface area contributed by atoms with Crippen molar-refractivity contribution in [3.63, 3.8) is 0 Å². The molecule has 0 heterocycles. The average Bonchev–Trinajstić information content (AvgIpc) is 2.39. The standard InChI is InChI=1S/C14H20ClN3O2/c1-9-4-5-12(11(15)6-9)18-13(19)8-17-14(20)10(2)7-16-3/h4-6,10,16H,7-8H2,1-3H3,(H,17,20)(H,18,19). The first-order chi connectivity index (χ1) is 9.43. The van der Waals surface area contributed by atoms with Crippen LogP contribution in [0.5, 0.6) is 0 Å². The number of rotatable bonds is 6. The highest BCUT2D eigenvalue weighted by Crippen LogP contribution is 2.22. The molecule has 3 N–H and O–H groups in total. The van der Waals surface area contributed by atoms with Gasteiger partial charge in [-0.15, -0.1) is 0 Å². The number of hydrogen-bond donors (Lipinski definition) is 3. The monoisotopic (exact) mass is 297 g/mol. The van der Waals surface area contributed by atoms with Gasteiger partial charge >= 0.3 is 0 Å². The minimum Gasteiger partial charge on any atom is -0.347 e. The lowest BCUT2D eigenvalue weighted by molar-refractivity contribution is -0.126. The Balaban J connectivity index is 2.46. The van der Waals surface area contributed by atoms with Gasteiger partial charge in [0.1, 0.15) is 0 Å². The third-order valence-electron chi connectivity index (χ3n) is 2.78. The molecule has 20 heavy (non-hydrogen) atoms. The van der Waals surface area contributed by atoms with Crippen molar-refractivity contribution in [1.29, 1.82) is 0 Å². The van der Waals surface area contributed by atoms with Crippen LogP contribution in [-0.2, 0) is 9.59 Å². The molecule has 2 amide bonds. The Kier molecular flexibility index (Phi) is 6.48. The lowest BCUT2D eigenvalue weighted by Crippen LogP contribution is -2.38. The van der Waals surface area contributed by atoms with Crippen LogP contribution in [-0.4, -0.2) is 32.0 Å². The van der Waals surface area contributed by atoms with E-state index in [9.17, 15) is 9.59 Å². The van der Waals surface area contributed by atoms with E-state index in [1.165, 1.54) is 0 Å². The van der Waals surface area contributed by atoms with Gasteiger partial charge in [0.15, 0.2) is 0 Å². The molecule has 0 aliphatic rings. The fourth-order valence-corrected chi connectivity index (χ4v) is 1.94. The lowest BCUT2D eigenvalue weighted by atomic mass is 10.1. The summed E-state index contributed by atoms with van der Waals surface area (Å²) in [4.78, 5) is 23.4. The minimum absolute atomic E-state index is 0.0723. The fraction of sp³-hybridized carbons (Fsp3) is 0.429. The number of amides is 2. The van der Waals surface area contributed by atoms with Crippen LogP contribution in [0.4, 0.5) is 5.69 Å². The number of nitrogens with one attached hydrogen (secondary N) is 3. The molecule has 0 saturated heterocycles. The van der Waals surface area contributed by atoms with E-state index in [2.05, 4.69) is 16.0 Å². The maximum absolute atomic E-state index is 11.7.